The van der Waals surface area contributed by atoms with Crippen molar-refractivity contribution in [2.24, 2.45) is 0 Å². The molecule has 2 N–H and O–H groups in total. The van der Waals surface area contributed by atoms with Crippen LogP contribution in [-0.4, -0.2) is 9.78 Å². The molecule has 1 heterocycles. The van der Waals surface area contributed by atoms with Crippen LogP contribution in [0.15, 0.2) is 59.5 Å². The van der Waals surface area contributed by atoms with Crippen LogP contribution >= 0.6 is 11.8 Å². The van der Waals surface area contributed by atoms with E-state index in [4.69, 9.17) is 11.0 Å². The fourth-order valence-electron chi connectivity index (χ4n) is 2.38. The predicted molar refractivity (Wildman–Crippen MR) is 93.8 cm³/mol. The summed E-state index contributed by atoms with van der Waals surface area (Å²) >= 11 is 1.06. The zero-order valence-electron chi connectivity index (χ0n) is 12.7. The summed E-state index contributed by atoms with van der Waals surface area (Å²) in [5.74, 6) is 0.524. The fraction of sp³-hybridized carbons (Fsp3) is 0.111. The number of anilines is 1. The van der Waals surface area contributed by atoms with Gasteiger partial charge in [-0.15, -0.1) is 0 Å². The number of nitriles is 1. The molecule has 0 amide bonds. The van der Waals surface area contributed by atoms with Gasteiger partial charge in [-0.05, 0) is 24.2 Å². The van der Waals surface area contributed by atoms with Gasteiger partial charge in [-0.3, -0.25) is 0 Å². The van der Waals surface area contributed by atoms with Gasteiger partial charge in [0.15, 0.2) is 0 Å². The number of nitrogens with two attached hydrogens (primary N) is 1. The minimum absolute atomic E-state index is 0.524. The monoisotopic (exact) mass is 320 g/mol. The van der Waals surface area contributed by atoms with E-state index in [1.165, 1.54) is 5.56 Å². The molecule has 0 saturated heterocycles. The SMILES string of the molecule is Cc1ccc(-c2nn(Cc3ccccc3)c(N)c2SC#N)cc1. The van der Waals surface area contributed by atoms with Crippen molar-refractivity contribution in [2.75, 3.05) is 5.73 Å². The fourth-order valence-corrected chi connectivity index (χ4v) is 2.94. The Bertz CT molecular complexity index is 845. The number of aromatic nitrogens is 2. The molecule has 0 bridgehead atoms. The average Bonchev–Trinajstić information content (AvgIpc) is 2.87. The summed E-state index contributed by atoms with van der Waals surface area (Å²) in [7, 11) is 0. The van der Waals surface area contributed by atoms with E-state index in [0.29, 0.717) is 17.3 Å². The lowest BCUT2D eigenvalue weighted by Crippen LogP contribution is -2.06. The third kappa shape index (κ3) is 3.22. The van der Waals surface area contributed by atoms with E-state index in [2.05, 4.69) is 10.5 Å². The molecule has 0 saturated carbocycles. The first-order chi connectivity index (χ1) is 11.2. The first kappa shape index (κ1) is 15.2. The van der Waals surface area contributed by atoms with E-state index in [9.17, 15) is 0 Å². The number of hydrogen-bond donors (Lipinski definition) is 1. The predicted octanol–water partition coefficient (Wildman–Crippen LogP) is 4.06. The minimum Gasteiger partial charge on any atom is -0.383 e. The van der Waals surface area contributed by atoms with Crippen molar-refractivity contribution in [2.45, 2.75) is 18.4 Å². The molecule has 0 aliphatic rings. The molecule has 114 valence electrons. The highest BCUT2D eigenvalue weighted by Crippen LogP contribution is 2.35. The Balaban J connectivity index is 2.04. The Morgan fingerprint density at radius 3 is 2.48 bits per heavy atom. The highest BCUT2D eigenvalue weighted by molar-refractivity contribution is 8.04. The first-order valence-electron chi connectivity index (χ1n) is 7.22. The van der Waals surface area contributed by atoms with Gasteiger partial charge in [0.1, 0.15) is 16.9 Å². The van der Waals surface area contributed by atoms with Gasteiger partial charge in [0, 0.05) is 5.56 Å². The second kappa shape index (κ2) is 6.59. The van der Waals surface area contributed by atoms with E-state index < -0.39 is 0 Å². The second-order valence-corrected chi connectivity index (χ2v) is 6.06. The van der Waals surface area contributed by atoms with Gasteiger partial charge >= 0.3 is 0 Å². The number of benzene rings is 2. The second-order valence-electron chi connectivity index (χ2n) is 5.27. The molecule has 0 atom stereocenters. The summed E-state index contributed by atoms with van der Waals surface area (Å²) in [4.78, 5) is 0.715. The summed E-state index contributed by atoms with van der Waals surface area (Å²) < 4.78 is 1.75. The molecule has 3 aromatic rings. The Morgan fingerprint density at radius 2 is 1.83 bits per heavy atom. The molecule has 0 aliphatic heterocycles. The molecule has 5 heteroatoms. The number of thiocyanates is 1. The van der Waals surface area contributed by atoms with Crippen molar-refractivity contribution < 1.29 is 0 Å². The lowest BCUT2D eigenvalue weighted by Gasteiger charge is -2.04. The zero-order valence-corrected chi connectivity index (χ0v) is 13.5. The maximum atomic E-state index is 9.08. The molecule has 0 spiro atoms. The average molecular weight is 320 g/mol. The summed E-state index contributed by atoms with van der Waals surface area (Å²) in [6.07, 6.45) is 0. The van der Waals surface area contributed by atoms with Crippen LogP contribution < -0.4 is 5.73 Å². The van der Waals surface area contributed by atoms with Gasteiger partial charge < -0.3 is 5.73 Å². The zero-order chi connectivity index (χ0) is 16.2. The van der Waals surface area contributed by atoms with Crippen LogP contribution in [0.3, 0.4) is 0 Å². The number of nitrogen functional groups attached to an aromatic ring is 1. The molecular formula is C18H16N4S. The third-order valence-electron chi connectivity index (χ3n) is 3.59. The third-order valence-corrected chi connectivity index (χ3v) is 4.29. The molecule has 4 nitrogen and oxygen atoms in total. The largest absolute Gasteiger partial charge is 0.383 e. The number of aryl methyl sites for hydroxylation is 1. The highest BCUT2D eigenvalue weighted by Gasteiger charge is 2.18. The van der Waals surface area contributed by atoms with E-state index in [1.54, 1.807) is 4.68 Å². The standard InChI is InChI=1S/C18H16N4S/c1-13-7-9-15(10-8-13)16-17(23-12-19)18(20)22(21-16)11-14-5-3-2-4-6-14/h2-10H,11,20H2,1H3. The van der Waals surface area contributed by atoms with E-state index in [1.807, 2.05) is 61.5 Å². The van der Waals surface area contributed by atoms with Crippen molar-refractivity contribution >= 4 is 17.6 Å². The van der Waals surface area contributed by atoms with Gasteiger partial charge in [0.2, 0.25) is 0 Å². The molecule has 1 aromatic heterocycles. The Morgan fingerprint density at radius 1 is 1.13 bits per heavy atom. The van der Waals surface area contributed by atoms with Crippen molar-refractivity contribution in [3.05, 3.63) is 65.7 Å². The van der Waals surface area contributed by atoms with Crippen LogP contribution in [-0.2, 0) is 6.54 Å². The van der Waals surface area contributed by atoms with Crippen LogP contribution in [0.5, 0.6) is 0 Å². The molecular weight excluding hydrogens is 304 g/mol. The molecule has 2 aromatic carbocycles. The maximum absolute atomic E-state index is 9.08. The van der Waals surface area contributed by atoms with Crippen molar-refractivity contribution in [1.82, 2.24) is 9.78 Å². The molecule has 0 radical (unpaired) electrons. The molecule has 23 heavy (non-hydrogen) atoms. The Kier molecular flexibility index (Phi) is 4.35. The van der Waals surface area contributed by atoms with Crippen LogP contribution in [0.2, 0.25) is 0 Å². The van der Waals surface area contributed by atoms with E-state index in [0.717, 1.165) is 28.6 Å². The Hall–Kier alpha value is -2.71. The van der Waals surface area contributed by atoms with Crippen molar-refractivity contribution in [3.63, 3.8) is 0 Å². The number of hydrogen-bond acceptors (Lipinski definition) is 4. The van der Waals surface area contributed by atoms with Crippen molar-refractivity contribution in [1.29, 1.82) is 5.26 Å². The summed E-state index contributed by atoms with van der Waals surface area (Å²) in [6, 6.07) is 18.1. The van der Waals surface area contributed by atoms with Crippen LogP contribution in [0.4, 0.5) is 5.82 Å². The Labute approximate surface area is 139 Å². The van der Waals surface area contributed by atoms with Gasteiger partial charge in [0.25, 0.3) is 0 Å². The van der Waals surface area contributed by atoms with Gasteiger partial charge in [-0.1, -0.05) is 60.2 Å². The van der Waals surface area contributed by atoms with Gasteiger partial charge in [-0.2, -0.15) is 10.4 Å². The summed E-state index contributed by atoms with van der Waals surface area (Å²) in [5, 5.41) is 15.8. The van der Waals surface area contributed by atoms with Crippen molar-refractivity contribution in [3.8, 4) is 16.7 Å². The topological polar surface area (TPSA) is 67.6 Å². The smallest absolute Gasteiger partial charge is 0.138 e. The molecule has 0 fully saturated rings. The van der Waals surface area contributed by atoms with Gasteiger partial charge in [-0.25, -0.2) is 4.68 Å². The quantitative estimate of drug-likeness (QED) is 0.581. The number of nitrogens with zero attached hydrogens (tertiary/aromatic N) is 3. The normalized spacial score (nSPS) is 10.4. The van der Waals surface area contributed by atoms with Crippen LogP contribution in [0, 0.1) is 17.6 Å². The summed E-state index contributed by atoms with van der Waals surface area (Å²) in [6.45, 7) is 2.62. The molecule has 0 unspecified atom stereocenters. The number of rotatable bonds is 4. The van der Waals surface area contributed by atoms with Gasteiger partial charge in [0.05, 0.1) is 11.4 Å². The molecule has 0 aliphatic carbocycles. The lowest BCUT2D eigenvalue weighted by atomic mass is 10.1. The number of thioether (sulfide) groups is 1. The summed E-state index contributed by atoms with van der Waals surface area (Å²) in [5.41, 5.74) is 10.2. The van der Waals surface area contributed by atoms with E-state index in [-0.39, 0.29) is 0 Å². The lowest BCUT2D eigenvalue weighted by molar-refractivity contribution is 0.699. The van der Waals surface area contributed by atoms with E-state index >= 15 is 0 Å². The van der Waals surface area contributed by atoms with Crippen LogP contribution in [0.1, 0.15) is 11.1 Å². The first-order valence-corrected chi connectivity index (χ1v) is 8.04. The van der Waals surface area contributed by atoms with Crippen LogP contribution in [0.25, 0.3) is 11.3 Å². The highest BCUT2D eigenvalue weighted by atomic mass is 32.2. The minimum atomic E-state index is 0.524. The molecule has 3 rings (SSSR count). The maximum Gasteiger partial charge on any atom is 0.138 e.